The molecule has 2 N–H and O–H groups in total. The Balaban J connectivity index is 4.00. The van der Waals surface area contributed by atoms with Crippen molar-refractivity contribution in [3.8, 4) is 0 Å². The Hall–Kier alpha value is -1.80. The minimum Gasteiger partial charge on any atom is -0.756 e. The van der Waals surface area contributed by atoms with Crippen LogP contribution in [0.5, 0.6) is 0 Å². The summed E-state index contributed by atoms with van der Waals surface area (Å²) in [5.41, 5.74) is 0. The van der Waals surface area contributed by atoms with Gasteiger partial charge in [0, 0.05) is 6.42 Å². The molecule has 0 aliphatic heterocycles. The first kappa shape index (κ1) is 86.2. The van der Waals surface area contributed by atoms with E-state index in [0.29, 0.717) is 17.4 Å². The maximum atomic E-state index is 13.1. The number of amides is 1. The number of nitrogens with zero attached hydrogens (tertiary/aromatic N) is 1. The summed E-state index contributed by atoms with van der Waals surface area (Å²) in [6.07, 6.45) is 96.7. The molecule has 88 heavy (non-hydrogen) atoms. The van der Waals surface area contributed by atoms with Gasteiger partial charge in [0.15, 0.2) is 0 Å². The van der Waals surface area contributed by atoms with E-state index in [1.165, 1.54) is 315 Å². The average molecular weight is 1260 g/mol. The van der Waals surface area contributed by atoms with Crippen LogP contribution >= 0.6 is 7.82 Å². The molecule has 0 aliphatic rings. The van der Waals surface area contributed by atoms with E-state index in [2.05, 4.69) is 67.8 Å². The summed E-state index contributed by atoms with van der Waals surface area (Å²) < 4.78 is 23.5. The number of quaternary nitrogens is 1. The zero-order valence-electron chi connectivity index (χ0n) is 59.4. The molecular weight excluding hydrogens is 1100 g/mol. The zero-order valence-corrected chi connectivity index (χ0v) is 60.3. The van der Waals surface area contributed by atoms with E-state index in [-0.39, 0.29) is 12.5 Å². The number of aliphatic hydroxyl groups excluding tert-OH is 1. The molecule has 3 unspecified atom stereocenters. The number of hydrogen-bond acceptors (Lipinski definition) is 6. The van der Waals surface area contributed by atoms with Crippen LogP contribution in [0.1, 0.15) is 386 Å². The van der Waals surface area contributed by atoms with Gasteiger partial charge < -0.3 is 28.8 Å². The number of likely N-dealkylation sites (N-methyl/N-ethyl adjacent to an activating group) is 1. The molecule has 3 atom stereocenters. The molecule has 0 saturated carbocycles. The van der Waals surface area contributed by atoms with Gasteiger partial charge >= 0.3 is 0 Å². The Kier molecular flexibility index (Phi) is 68.1. The van der Waals surface area contributed by atoms with Crippen molar-refractivity contribution in [3.05, 3.63) is 60.8 Å². The normalized spacial score (nSPS) is 13.9. The minimum atomic E-state index is -4.62. The summed E-state index contributed by atoms with van der Waals surface area (Å²) in [5, 5.41) is 14.0. The second kappa shape index (κ2) is 69.5. The van der Waals surface area contributed by atoms with E-state index in [1.54, 1.807) is 6.08 Å². The summed E-state index contributed by atoms with van der Waals surface area (Å²) in [6.45, 7) is 4.67. The van der Waals surface area contributed by atoms with E-state index in [4.69, 9.17) is 9.05 Å². The van der Waals surface area contributed by atoms with Crippen LogP contribution in [0.2, 0.25) is 0 Å². The van der Waals surface area contributed by atoms with E-state index in [0.717, 1.165) is 51.4 Å². The number of nitrogens with one attached hydrogen (secondary N) is 1. The predicted octanol–water partition coefficient (Wildman–Crippen LogP) is 24.5. The van der Waals surface area contributed by atoms with Crippen LogP contribution in [0.4, 0.5) is 0 Å². The van der Waals surface area contributed by atoms with Gasteiger partial charge in [0.25, 0.3) is 7.82 Å². The van der Waals surface area contributed by atoms with Crippen molar-refractivity contribution in [2.45, 2.75) is 398 Å². The predicted molar refractivity (Wildman–Crippen MR) is 385 cm³/mol. The topological polar surface area (TPSA) is 108 Å². The number of phosphoric acid groups is 1. The van der Waals surface area contributed by atoms with Crippen molar-refractivity contribution < 1.29 is 32.9 Å². The monoisotopic (exact) mass is 1260 g/mol. The van der Waals surface area contributed by atoms with Gasteiger partial charge in [-0.05, 0) is 70.6 Å². The van der Waals surface area contributed by atoms with Gasteiger partial charge in [-0.3, -0.25) is 9.36 Å². The van der Waals surface area contributed by atoms with E-state index in [9.17, 15) is 19.4 Å². The number of carbonyl (C=O) groups is 1. The maximum absolute atomic E-state index is 13.1. The van der Waals surface area contributed by atoms with Crippen LogP contribution in [-0.2, 0) is 18.4 Å². The second-order valence-electron chi connectivity index (χ2n) is 27.7. The van der Waals surface area contributed by atoms with Gasteiger partial charge in [-0.2, -0.15) is 0 Å². The summed E-state index contributed by atoms with van der Waals surface area (Å²) in [5.74, 6) is -0.200. The molecule has 518 valence electrons. The fraction of sp³-hybridized carbons (Fsp3) is 0.861. The number of phosphoric ester groups is 1. The van der Waals surface area contributed by atoms with Crippen LogP contribution in [0.25, 0.3) is 0 Å². The molecule has 0 aliphatic carbocycles. The van der Waals surface area contributed by atoms with E-state index in [1.807, 2.05) is 27.2 Å². The molecular formula is C79H151N2O6P. The van der Waals surface area contributed by atoms with Crippen LogP contribution < -0.4 is 10.2 Å². The van der Waals surface area contributed by atoms with Crippen molar-refractivity contribution in [1.82, 2.24) is 5.32 Å². The number of hydrogen-bond donors (Lipinski definition) is 2. The van der Waals surface area contributed by atoms with E-state index >= 15 is 0 Å². The number of rotatable bonds is 72. The van der Waals surface area contributed by atoms with Crippen molar-refractivity contribution in [2.75, 3.05) is 40.9 Å². The highest BCUT2D eigenvalue weighted by Crippen LogP contribution is 2.38. The standard InChI is InChI=1S/C79H151N2O6P/c1-6-8-10-12-14-16-18-20-22-24-26-28-30-32-34-36-37-38-39-40-41-42-43-45-47-49-51-53-55-57-59-61-63-65-67-69-71-73-79(83)80-77(76-87-88(84,85)86-75-74-81(3,4)5)78(82)72-70-68-66-64-62-60-58-56-54-52-50-48-46-44-35-33-31-29-27-25-23-21-19-17-15-13-11-9-7-2/h18,20,24,26,30,32,62,64,70,72,77-78,82H,6-17,19,21-23,25,27-29,31,33-61,63,65-69,71,73-76H2,1-5H3,(H-,80,83,84,85)/b20-18-,26-24-,32-30-,64-62+,72-70+. The first-order valence-electron chi connectivity index (χ1n) is 38.7. The largest absolute Gasteiger partial charge is 0.756 e. The zero-order chi connectivity index (χ0) is 64.1. The maximum Gasteiger partial charge on any atom is 0.268 e. The Morgan fingerprint density at radius 3 is 1.00 bits per heavy atom. The van der Waals surface area contributed by atoms with Crippen LogP contribution in [0, 0.1) is 0 Å². The Labute approximate surface area is 549 Å². The fourth-order valence-electron chi connectivity index (χ4n) is 11.7. The molecule has 0 rings (SSSR count). The molecule has 0 fully saturated rings. The van der Waals surface area contributed by atoms with Gasteiger partial charge in [-0.15, -0.1) is 0 Å². The first-order chi connectivity index (χ1) is 43.0. The molecule has 0 aromatic carbocycles. The molecule has 0 spiro atoms. The highest BCUT2D eigenvalue weighted by atomic mass is 31.2. The van der Waals surface area contributed by atoms with E-state index < -0.39 is 26.6 Å². The molecule has 0 radical (unpaired) electrons. The lowest BCUT2D eigenvalue weighted by Gasteiger charge is -2.29. The third kappa shape index (κ3) is 71.6. The van der Waals surface area contributed by atoms with Crippen molar-refractivity contribution in [3.63, 3.8) is 0 Å². The quantitative estimate of drug-likeness (QED) is 0.0272. The lowest BCUT2D eigenvalue weighted by molar-refractivity contribution is -0.870. The lowest BCUT2D eigenvalue weighted by Crippen LogP contribution is -2.45. The molecule has 0 heterocycles. The number of aliphatic hydroxyl groups is 1. The summed E-state index contributed by atoms with van der Waals surface area (Å²) in [6, 6.07) is -0.906. The minimum absolute atomic E-state index is 0.00556. The average Bonchev–Trinajstić information content (AvgIpc) is 3.70. The third-order valence-electron chi connectivity index (χ3n) is 17.7. The van der Waals surface area contributed by atoms with Gasteiger partial charge in [-0.25, -0.2) is 0 Å². The Bertz CT molecular complexity index is 1620. The van der Waals surface area contributed by atoms with Gasteiger partial charge in [0.1, 0.15) is 13.2 Å². The molecule has 0 saturated heterocycles. The Morgan fingerprint density at radius 1 is 0.398 bits per heavy atom. The highest BCUT2D eigenvalue weighted by Gasteiger charge is 2.23. The van der Waals surface area contributed by atoms with Crippen LogP contribution in [0.15, 0.2) is 60.8 Å². The first-order valence-corrected chi connectivity index (χ1v) is 40.1. The number of carbonyl (C=O) groups excluding carboxylic acids is 1. The summed E-state index contributed by atoms with van der Waals surface area (Å²) in [4.78, 5) is 25.7. The summed E-state index contributed by atoms with van der Waals surface area (Å²) in [7, 11) is 1.26. The van der Waals surface area contributed by atoms with Gasteiger partial charge in [-0.1, -0.05) is 370 Å². The highest BCUT2D eigenvalue weighted by molar-refractivity contribution is 7.45. The van der Waals surface area contributed by atoms with Crippen LogP contribution in [-0.4, -0.2) is 68.5 Å². The molecule has 1 amide bonds. The molecule has 0 bridgehead atoms. The van der Waals surface area contributed by atoms with Crippen molar-refractivity contribution >= 4 is 13.7 Å². The molecule has 0 aromatic rings. The van der Waals surface area contributed by atoms with Crippen molar-refractivity contribution in [1.29, 1.82) is 0 Å². The van der Waals surface area contributed by atoms with Crippen molar-refractivity contribution in [2.24, 2.45) is 0 Å². The van der Waals surface area contributed by atoms with Gasteiger partial charge in [0.2, 0.25) is 5.91 Å². The third-order valence-corrected chi connectivity index (χ3v) is 18.7. The lowest BCUT2D eigenvalue weighted by atomic mass is 10.0. The van der Waals surface area contributed by atoms with Gasteiger partial charge in [0.05, 0.1) is 39.9 Å². The fourth-order valence-corrected chi connectivity index (χ4v) is 12.4. The van der Waals surface area contributed by atoms with Crippen LogP contribution in [0.3, 0.4) is 0 Å². The summed E-state index contributed by atoms with van der Waals surface area (Å²) >= 11 is 0. The number of allylic oxidation sites excluding steroid dienone is 9. The molecule has 9 heteroatoms. The smallest absolute Gasteiger partial charge is 0.268 e. The number of unbranched alkanes of at least 4 members (excludes halogenated alkanes) is 51. The molecule has 8 nitrogen and oxygen atoms in total. The SMILES string of the molecule is CCCCCCC/C=C\C/C=C\C/C=C\CCCCCCCCCCCCCCCCCCCCCCCCC(=O)NC(COP(=O)([O-])OCC[N+](C)(C)C)C(O)/C=C/CC/C=C/CCCCCCCCCCCCCCCCCCCCCCCCC. The second-order valence-corrected chi connectivity index (χ2v) is 29.1. The Morgan fingerprint density at radius 2 is 0.670 bits per heavy atom. The molecule has 0 aromatic heterocycles.